The Morgan fingerprint density at radius 2 is 1.84 bits per heavy atom. The molecule has 1 fully saturated rings. The molecular weight excluding hydrogens is 494 g/mol. The van der Waals surface area contributed by atoms with Gasteiger partial charge in [-0.2, -0.15) is 8.78 Å². The average Bonchev–Trinajstić information content (AvgIpc) is 2.87. The van der Waals surface area contributed by atoms with Crippen molar-refractivity contribution in [3.63, 3.8) is 0 Å². The first-order chi connectivity index (χ1) is 17.7. The van der Waals surface area contributed by atoms with Gasteiger partial charge in [-0.3, -0.25) is 4.79 Å². The van der Waals surface area contributed by atoms with E-state index in [2.05, 4.69) is 17.3 Å². The van der Waals surface area contributed by atoms with Gasteiger partial charge in [-0.25, -0.2) is 4.79 Å². The van der Waals surface area contributed by atoms with Crippen LogP contribution in [0.25, 0.3) is 11.1 Å². The number of amides is 1. The number of aryl methyl sites for hydroxylation is 1. The summed E-state index contributed by atoms with van der Waals surface area (Å²) in [4.78, 5) is 27.2. The predicted octanol–water partition coefficient (Wildman–Crippen LogP) is 6.59. The molecule has 0 saturated heterocycles. The van der Waals surface area contributed by atoms with E-state index >= 15 is 0 Å². The molecule has 1 amide bonds. The molecule has 8 heteroatoms. The largest absolute Gasteiger partial charge is 0.480 e. The Labute approximate surface area is 223 Å². The zero-order valence-corrected chi connectivity index (χ0v) is 22.5. The summed E-state index contributed by atoms with van der Waals surface area (Å²) in [6, 6.07) is 12.2. The van der Waals surface area contributed by atoms with E-state index in [1.54, 1.807) is 6.07 Å². The van der Waals surface area contributed by atoms with Gasteiger partial charge in [0.25, 0.3) is 11.7 Å². The van der Waals surface area contributed by atoms with Crippen molar-refractivity contribution in [3.05, 3.63) is 59.2 Å². The molecule has 0 bridgehead atoms. The predicted molar refractivity (Wildman–Crippen MR) is 146 cm³/mol. The molecule has 0 aromatic heterocycles. The second-order valence-corrected chi connectivity index (χ2v) is 11.1. The molecule has 2 aromatic rings. The highest BCUT2D eigenvalue weighted by atomic mass is 32.2. The molecule has 37 heavy (non-hydrogen) atoms. The van der Waals surface area contributed by atoms with Crippen LogP contribution in [0.3, 0.4) is 0 Å². The number of carbonyl (C=O) groups is 2. The molecule has 0 spiro atoms. The van der Waals surface area contributed by atoms with Crippen LogP contribution < -0.4 is 5.32 Å². The maximum absolute atomic E-state index is 13.2. The summed E-state index contributed by atoms with van der Waals surface area (Å²) in [7, 11) is 2.12. The molecular formula is C29H38F2N2O3S. The van der Waals surface area contributed by atoms with Gasteiger partial charge < -0.3 is 15.3 Å². The summed E-state index contributed by atoms with van der Waals surface area (Å²) in [5, 5.41) is 12.1. The Morgan fingerprint density at radius 1 is 1.11 bits per heavy atom. The Hall–Kier alpha value is -2.45. The normalized spacial score (nSPS) is 15.2. The number of alkyl halides is 2. The van der Waals surface area contributed by atoms with E-state index in [-0.39, 0.29) is 12.2 Å². The SMILES string of the molecule is Cc1ccccc1-c1cc(CN(C)CCC2CCCCC2)ccc1C(=O)N[C@H](CCSC(F)F)C(=O)O. The molecule has 3 rings (SSSR count). The van der Waals surface area contributed by atoms with Crippen LogP contribution in [-0.4, -0.2) is 53.0 Å². The highest BCUT2D eigenvalue weighted by Gasteiger charge is 2.23. The lowest BCUT2D eigenvalue weighted by Gasteiger charge is -2.25. The number of benzene rings is 2. The minimum absolute atomic E-state index is 0.0638. The van der Waals surface area contributed by atoms with Crippen LogP contribution in [0.5, 0.6) is 0 Å². The standard InChI is InChI=1S/C29H38F2N2O3S/c1-20-8-6-7-11-23(20)25-18-22(19-33(2)16-14-21-9-4-3-5-10-21)12-13-24(25)27(34)32-26(28(35)36)15-17-37-29(30)31/h6-8,11-13,18,21,26,29H,3-5,9-10,14-17,19H2,1-2H3,(H,32,34)(H,35,36)/t26-/m1/s1. The Bertz CT molecular complexity index is 1040. The molecule has 1 aliphatic carbocycles. The van der Waals surface area contributed by atoms with E-state index < -0.39 is 23.7 Å². The van der Waals surface area contributed by atoms with E-state index in [0.717, 1.165) is 41.3 Å². The highest BCUT2D eigenvalue weighted by Crippen LogP contribution is 2.30. The number of halogens is 2. The molecule has 202 valence electrons. The van der Waals surface area contributed by atoms with Crippen molar-refractivity contribution < 1.29 is 23.5 Å². The Balaban J connectivity index is 1.77. The summed E-state index contributed by atoms with van der Waals surface area (Å²) < 4.78 is 25.0. The van der Waals surface area contributed by atoms with E-state index in [9.17, 15) is 23.5 Å². The summed E-state index contributed by atoms with van der Waals surface area (Å²) in [5.41, 5.74) is 4.08. The number of nitrogens with zero attached hydrogens (tertiary/aromatic N) is 1. The fourth-order valence-electron chi connectivity index (χ4n) is 5.02. The number of aliphatic carboxylic acids is 1. The van der Waals surface area contributed by atoms with Gasteiger partial charge in [-0.1, -0.05) is 74.2 Å². The van der Waals surface area contributed by atoms with Crippen molar-refractivity contribution >= 4 is 23.6 Å². The van der Waals surface area contributed by atoms with Crippen LogP contribution in [0.4, 0.5) is 8.78 Å². The molecule has 5 nitrogen and oxygen atoms in total. The van der Waals surface area contributed by atoms with Gasteiger partial charge in [-0.15, -0.1) is 0 Å². The van der Waals surface area contributed by atoms with Gasteiger partial charge in [0.05, 0.1) is 0 Å². The van der Waals surface area contributed by atoms with Crippen molar-refractivity contribution in [1.29, 1.82) is 0 Å². The molecule has 0 unspecified atom stereocenters. The first-order valence-electron chi connectivity index (χ1n) is 13.1. The van der Waals surface area contributed by atoms with Gasteiger partial charge in [0.15, 0.2) is 0 Å². The first kappa shape index (κ1) is 29.1. The second-order valence-electron chi connectivity index (χ2n) is 10.0. The lowest BCUT2D eigenvalue weighted by Crippen LogP contribution is -2.41. The second kappa shape index (κ2) is 14.5. The third kappa shape index (κ3) is 9.11. The van der Waals surface area contributed by atoms with Crippen molar-refractivity contribution in [1.82, 2.24) is 10.2 Å². The zero-order valence-electron chi connectivity index (χ0n) is 21.7. The number of carboxylic acids is 1. The number of hydrogen-bond acceptors (Lipinski definition) is 4. The first-order valence-corrected chi connectivity index (χ1v) is 14.1. The smallest absolute Gasteiger partial charge is 0.326 e. The van der Waals surface area contributed by atoms with Gasteiger partial charge in [0.1, 0.15) is 6.04 Å². The average molecular weight is 533 g/mol. The molecule has 0 heterocycles. The van der Waals surface area contributed by atoms with Gasteiger partial charge in [-0.05, 0) is 73.7 Å². The maximum atomic E-state index is 13.2. The fraction of sp³-hybridized carbons (Fsp3) is 0.517. The van der Waals surface area contributed by atoms with E-state index in [1.807, 2.05) is 43.3 Å². The number of hydrogen-bond donors (Lipinski definition) is 2. The Kier molecular flexibility index (Phi) is 11.4. The minimum atomic E-state index is -2.58. The number of rotatable bonds is 13. The molecule has 2 aromatic carbocycles. The molecule has 2 N–H and O–H groups in total. The van der Waals surface area contributed by atoms with E-state index in [1.165, 1.54) is 38.5 Å². The molecule has 1 aliphatic rings. The third-order valence-electron chi connectivity index (χ3n) is 7.11. The van der Waals surface area contributed by atoms with Crippen molar-refractivity contribution in [2.75, 3.05) is 19.3 Å². The highest BCUT2D eigenvalue weighted by molar-refractivity contribution is 7.99. The zero-order chi connectivity index (χ0) is 26.8. The van der Waals surface area contributed by atoms with Crippen LogP contribution in [0.1, 0.15) is 66.4 Å². The summed E-state index contributed by atoms with van der Waals surface area (Å²) in [6.07, 6.45) is 7.80. The minimum Gasteiger partial charge on any atom is -0.480 e. The number of carboxylic acid groups (broad SMARTS) is 1. The van der Waals surface area contributed by atoms with E-state index in [4.69, 9.17) is 0 Å². The number of thioether (sulfide) groups is 1. The molecule has 1 saturated carbocycles. The summed E-state index contributed by atoms with van der Waals surface area (Å²) >= 11 is 0.370. The number of nitrogens with one attached hydrogen (secondary N) is 1. The quantitative estimate of drug-likeness (QED) is 0.304. The maximum Gasteiger partial charge on any atom is 0.326 e. The fourth-order valence-corrected chi connectivity index (χ4v) is 5.57. The van der Waals surface area contributed by atoms with Crippen LogP contribution in [-0.2, 0) is 11.3 Å². The summed E-state index contributed by atoms with van der Waals surface area (Å²) in [6.45, 7) is 3.74. The van der Waals surface area contributed by atoms with Crippen LogP contribution in [0.2, 0.25) is 0 Å². The van der Waals surface area contributed by atoms with Crippen LogP contribution in [0.15, 0.2) is 42.5 Å². The van der Waals surface area contributed by atoms with Crippen molar-refractivity contribution in [2.45, 2.75) is 70.2 Å². The van der Waals surface area contributed by atoms with Crippen molar-refractivity contribution in [3.8, 4) is 11.1 Å². The molecule has 0 aliphatic heterocycles. The van der Waals surface area contributed by atoms with Gasteiger partial charge in [0.2, 0.25) is 0 Å². The number of carbonyl (C=O) groups excluding carboxylic acids is 1. The molecule has 0 radical (unpaired) electrons. The van der Waals surface area contributed by atoms with Crippen LogP contribution in [0, 0.1) is 12.8 Å². The lowest BCUT2D eigenvalue weighted by atomic mass is 9.87. The van der Waals surface area contributed by atoms with E-state index in [0.29, 0.717) is 17.3 Å². The van der Waals surface area contributed by atoms with Crippen molar-refractivity contribution in [2.24, 2.45) is 5.92 Å². The lowest BCUT2D eigenvalue weighted by molar-refractivity contribution is -0.139. The summed E-state index contributed by atoms with van der Waals surface area (Å²) in [5.74, 6) is -3.59. The topological polar surface area (TPSA) is 69.6 Å². The van der Waals surface area contributed by atoms with Crippen LogP contribution >= 0.6 is 11.8 Å². The monoisotopic (exact) mass is 532 g/mol. The molecule has 1 atom stereocenters. The van der Waals surface area contributed by atoms with Gasteiger partial charge >= 0.3 is 5.97 Å². The van der Waals surface area contributed by atoms with Gasteiger partial charge in [0, 0.05) is 17.9 Å². The Morgan fingerprint density at radius 3 is 2.51 bits per heavy atom. The third-order valence-corrected chi connectivity index (χ3v) is 7.84.